The quantitative estimate of drug-likeness (QED) is 0.356. The molecule has 0 amide bonds. The van der Waals surface area contributed by atoms with E-state index in [4.69, 9.17) is 4.42 Å². The zero-order chi connectivity index (χ0) is 17.8. The van der Waals surface area contributed by atoms with Crippen LogP contribution in [0, 0.1) is 4.91 Å². The van der Waals surface area contributed by atoms with Gasteiger partial charge in [0.15, 0.2) is 5.78 Å². The summed E-state index contributed by atoms with van der Waals surface area (Å²) in [5.41, 5.74) is 1.21. The molecule has 0 bridgehead atoms. The minimum Gasteiger partial charge on any atom is -0.456 e. The number of para-hydroxylation sites is 1. The van der Waals surface area contributed by atoms with Crippen molar-refractivity contribution in [1.29, 1.82) is 0 Å². The topological polar surface area (TPSA) is 97.0 Å². The van der Waals surface area contributed by atoms with Crippen LogP contribution in [0.5, 0.6) is 0 Å². The Morgan fingerprint density at radius 3 is 2.44 bits per heavy atom. The minimum atomic E-state index is -0.398. The van der Waals surface area contributed by atoms with Gasteiger partial charge in [0, 0.05) is 22.4 Å². The zero-order valence-corrected chi connectivity index (χ0v) is 13.2. The molecule has 2 aromatic carbocycles. The number of Topliss-reactive ketones (excluding diaryl/α,β-unsaturated/α-hetero) is 1. The van der Waals surface area contributed by atoms with Gasteiger partial charge in [-0.05, 0) is 17.3 Å². The fraction of sp³-hybridized carbons (Fsp3) is 0.167. The van der Waals surface area contributed by atoms with Gasteiger partial charge in [-0.2, -0.15) is 0 Å². The van der Waals surface area contributed by atoms with Crippen LogP contribution in [0.4, 0.5) is 5.69 Å². The number of furan rings is 1. The maximum absolute atomic E-state index is 12.6. The summed E-state index contributed by atoms with van der Waals surface area (Å²) in [6.07, 6.45) is 1.23. The Balaban J connectivity index is 2.05. The summed E-state index contributed by atoms with van der Waals surface area (Å²) in [7, 11) is 0. The van der Waals surface area contributed by atoms with Gasteiger partial charge in [-0.25, -0.2) is 0 Å². The second kappa shape index (κ2) is 7.14. The number of nitrogens with zero attached hydrogens (tertiary/aromatic N) is 2. The van der Waals surface area contributed by atoms with E-state index >= 15 is 0 Å². The van der Waals surface area contributed by atoms with Crippen LogP contribution in [0.15, 0.2) is 46.0 Å². The van der Waals surface area contributed by atoms with Crippen molar-refractivity contribution in [3.63, 3.8) is 0 Å². The van der Waals surface area contributed by atoms with Crippen molar-refractivity contribution in [3.05, 3.63) is 46.9 Å². The van der Waals surface area contributed by atoms with Crippen LogP contribution in [0.1, 0.15) is 10.4 Å². The SMILES string of the molecule is O=CCN(CC=O)CC(=O)c1cc2c(cc1N=O)oc1ccccc12. The van der Waals surface area contributed by atoms with Gasteiger partial charge in [0.1, 0.15) is 29.4 Å². The summed E-state index contributed by atoms with van der Waals surface area (Å²) in [6, 6.07) is 10.3. The number of rotatable bonds is 8. The number of carbonyl (C=O) groups excluding carboxylic acids is 3. The van der Waals surface area contributed by atoms with E-state index in [2.05, 4.69) is 5.18 Å². The number of ketones is 1. The van der Waals surface area contributed by atoms with E-state index in [-0.39, 0.29) is 30.9 Å². The molecule has 0 aliphatic heterocycles. The van der Waals surface area contributed by atoms with Gasteiger partial charge in [0.25, 0.3) is 0 Å². The van der Waals surface area contributed by atoms with E-state index < -0.39 is 5.78 Å². The molecule has 1 heterocycles. The standard InChI is InChI=1S/C18H14N2O5/c21-7-5-20(6-8-22)11-16(23)14-9-13-12-3-1-2-4-17(12)25-18(13)10-15(14)19-24/h1-4,7-10H,5-6,11H2. The second-order valence-electron chi connectivity index (χ2n) is 5.51. The van der Waals surface area contributed by atoms with Gasteiger partial charge in [-0.15, -0.1) is 4.91 Å². The zero-order valence-electron chi connectivity index (χ0n) is 13.2. The molecule has 0 unspecified atom stereocenters. The highest BCUT2D eigenvalue weighted by molar-refractivity contribution is 6.11. The largest absolute Gasteiger partial charge is 0.456 e. The Kier molecular flexibility index (Phi) is 4.76. The summed E-state index contributed by atoms with van der Waals surface area (Å²) in [4.78, 5) is 46.5. The van der Waals surface area contributed by atoms with Gasteiger partial charge < -0.3 is 14.0 Å². The number of aldehydes is 2. The van der Waals surface area contributed by atoms with E-state index in [1.54, 1.807) is 12.1 Å². The molecule has 0 atom stereocenters. The lowest BCUT2D eigenvalue weighted by Gasteiger charge is -2.15. The Hall–Kier alpha value is -3.19. The number of hydrogen-bond donors (Lipinski definition) is 0. The molecule has 0 aliphatic rings. The third-order valence-electron chi connectivity index (χ3n) is 3.93. The molecular weight excluding hydrogens is 324 g/mol. The predicted octanol–water partition coefficient (Wildman–Crippen LogP) is 2.87. The molecule has 0 saturated heterocycles. The van der Waals surface area contributed by atoms with Crippen LogP contribution < -0.4 is 0 Å². The first-order valence-corrected chi connectivity index (χ1v) is 7.59. The van der Waals surface area contributed by atoms with Crippen LogP contribution >= 0.6 is 0 Å². The Morgan fingerprint density at radius 2 is 1.76 bits per heavy atom. The molecule has 7 heteroatoms. The van der Waals surface area contributed by atoms with Crippen LogP contribution in [0.3, 0.4) is 0 Å². The van der Waals surface area contributed by atoms with E-state index in [0.29, 0.717) is 29.1 Å². The molecule has 1 aromatic heterocycles. The van der Waals surface area contributed by atoms with Crippen molar-refractivity contribution < 1.29 is 18.8 Å². The van der Waals surface area contributed by atoms with Crippen molar-refractivity contribution in [2.45, 2.75) is 0 Å². The molecule has 0 aliphatic carbocycles. The number of carbonyl (C=O) groups is 3. The number of hydrogen-bond acceptors (Lipinski definition) is 7. The number of nitroso groups, excluding NO2 is 1. The van der Waals surface area contributed by atoms with Crippen LogP contribution in [-0.4, -0.2) is 42.9 Å². The summed E-state index contributed by atoms with van der Waals surface area (Å²) < 4.78 is 5.67. The van der Waals surface area contributed by atoms with Crippen LogP contribution in [0.2, 0.25) is 0 Å². The average Bonchev–Trinajstić information content (AvgIpc) is 2.98. The number of benzene rings is 2. The molecule has 0 radical (unpaired) electrons. The molecule has 0 fully saturated rings. The summed E-state index contributed by atoms with van der Waals surface area (Å²) >= 11 is 0. The first-order valence-electron chi connectivity index (χ1n) is 7.59. The molecule has 25 heavy (non-hydrogen) atoms. The minimum absolute atomic E-state index is 0.0336. The highest BCUT2D eigenvalue weighted by Gasteiger charge is 2.19. The Bertz CT molecular complexity index is 966. The van der Waals surface area contributed by atoms with Crippen LogP contribution in [-0.2, 0) is 9.59 Å². The smallest absolute Gasteiger partial charge is 0.179 e. The molecule has 3 rings (SSSR count). The highest BCUT2D eigenvalue weighted by atomic mass is 16.3. The Labute approximate surface area is 142 Å². The summed E-state index contributed by atoms with van der Waals surface area (Å²) in [5.74, 6) is -0.398. The van der Waals surface area contributed by atoms with E-state index in [9.17, 15) is 19.3 Å². The van der Waals surface area contributed by atoms with Crippen molar-refractivity contribution in [3.8, 4) is 0 Å². The molecule has 7 nitrogen and oxygen atoms in total. The van der Waals surface area contributed by atoms with Gasteiger partial charge in [0.2, 0.25) is 0 Å². The number of fused-ring (bicyclic) bond motifs is 3. The predicted molar refractivity (Wildman–Crippen MR) is 92.1 cm³/mol. The maximum Gasteiger partial charge on any atom is 0.179 e. The van der Waals surface area contributed by atoms with E-state index in [1.165, 1.54) is 11.0 Å². The fourth-order valence-corrected chi connectivity index (χ4v) is 2.76. The summed E-state index contributed by atoms with van der Waals surface area (Å²) in [5, 5.41) is 4.44. The molecule has 0 spiro atoms. The lowest BCUT2D eigenvalue weighted by atomic mass is 10.0. The third-order valence-corrected chi connectivity index (χ3v) is 3.93. The lowest BCUT2D eigenvalue weighted by molar-refractivity contribution is -0.110. The van der Waals surface area contributed by atoms with E-state index in [1.807, 2.05) is 18.2 Å². The maximum atomic E-state index is 12.6. The van der Waals surface area contributed by atoms with Gasteiger partial charge in [-0.1, -0.05) is 18.2 Å². The van der Waals surface area contributed by atoms with Gasteiger partial charge >= 0.3 is 0 Å². The van der Waals surface area contributed by atoms with Gasteiger partial charge in [0.05, 0.1) is 19.6 Å². The van der Waals surface area contributed by atoms with E-state index in [0.717, 1.165) is 5.39 Å². The Morgan fingerprint density at radius 1 is 1.04 bits per heavy atom. The molecule has 0 N–H and O–H groups in total. The first kappa shape index (κ1) is 16.7. The second-order valence-corrected chi connectivity index (χ2v) is 5.51. The third kappa shape index (κ3) is 3.22. The average molecular weight is 338 g/mol. The van der Waals surface area contributed by atoms with Crippen molar-refractivity contribution in [2.24, 2.45) is 5.18 Å². The first-order chi connectivity index (χ1) is 12.2. The van der Waals surface area contributed by atoms with Crippen LogP contribution in [0.25, 0.3) is 21.9 Å². The van der Waals surface area contributed by atoms with Crippen molar-refractivity contribution in [1.82, 2.24) is 4.90 Å². The fourth-order valence-electron chi connectivity index (χ4n) is 2.76. The lowest BCUT2D eigenvalue weighted by Crippen LogP contribution is -2.33. The monoisotopic (exact) mass is 338 g/mol. The molecule has 0 saturated carbocycles. The van der Waals surface area contributed by atoms with Crippen molar-refractivity contribution in [2.75, 3.05) is 19.6 Å². The summed E-state index contributed by atoms with van der Waals surface area (Å²) in [6.45, 7) is -0.266. The van der Waals surface area contributed by atoms with Crippen molar-refractivity contribution >= 4 is 46.0 Å². The molecular formula is C18H14N2O5. The van der Waals surface area contributed by atoms with Gasteiger partial charge in [-0.3, -0.25) is 9.69 Å². The molecule has 3 aromatic rings. The molecule has 126 valence electrons. The normalized spacial score (nSPS) is 11.1. The highest BCUT2D eigenvalue weighted by Crippen LogP contribution is 2.34.